The molecular weight excluding hydrogens is 308 g/mol. The predicted molar refractivity (Wildman–Crippen MR) is 102 cm³/mol. The highest BCUT2D eigenvalue weighted by atomic mass is 16.5. The fraction of sp³-hybridized carbons (Fsp3) is 0.318. The lowest BCUT2D eigenvalue weighted by molar-refractivity contribution is 0.196. The summed E-state index contributed by atoms with van der Waals surface area (Å²) in [7, 11) is 1.75. The molecule has 128 valence electrons. The Bertz CT molecular complexity index is 861. The van der Waals surface area contributed by atoms with Gasteiger partial charge in [0, 0.05) is 41.8 Å². The number of nitrogens with zero attached hydrogens (tertiary/aromatic N) is 2. The molecule has 1 aliphatic heterocycles. The van der Waals surface area contributed by atoms with Crippen LogP contribution in [0.25, 0.3) is 10.8 Å². The minimum absolute atomic E-state index is 0.507. The Morgan fingerprint density at radius 1 is 1.08 bits per heavy atom. The first kappa shape index (κ1) is 16.1. The lowest BCUT2D eigenvalue weighted by Crippen LogP contribution is -2.34. The number of ether oxygens (including phenoxy) is 1. The lowest BCUT2D eigenvalue weighted by Gasteiger charge is -2.32. The fourth-order valence-electron chi connectivity index (χ4n) is 3.84. The van der Waals surface area contributed by atoms with Crippen LogP contribution >= 0.6 is 0 Å². The molecule has 1 saturated heterocycles. The van der Waals surface area contributed by atoms with Crippen LogP contribution in [0.1, 0.15) is 30.0 Å². The van der Waals surface area contributed by atoms with E-state index in [1.54, 1.807) is 7.11 Å². The molecule has 4 rings (SSSR count). The number of pyridine rings is 1. The van der Waals surface area contributed by atoms with E-state index >= 15 is 0 Å². The van der Waals surface area contributed by atoms with Crippen LogP contribution in [0.5, 0.6) is 5.75 Å². The van der Waals surface area contributed by atoms with Crippen molar-refractivity contribution in [1.29, 1.82) is 0 Å². The zero-order valence-electron chi connectivity index (χ0n) is 14.7. The molecule has 0 bridgehead atoms. The minimum Gasteiger partial charge on any atom is -0.496 e. The first-order chi connectivity index (χ1) is 12.3. The van der Waals surface area contributed by atoms with Crippen LogP contribution in [0, 0.1) is 0 Å². The highest BCUT2D eigenvalue weighted by Gasteiger charge is 2.23. The standard InChI is InChI=1S/C22H24N2O/c1-25-22-11-5-4-9-20(22)16-24-12-6-10-19(15-24)21-13-17-7-2-3-8-18(17)14-23-21/h2-5,7-9,11,13-14,19H,6,10,12,15-16H2,1H3/t19-/m0/s1. The highest BCUT2D eigenvalue weighted by molar-refractivity contribution is 5.81. The van der Waals surface area contributed by atoms with Gasteiger partial charge in [0.1, 0.15) is 5.75 Å². The van der Waals surface area contributed by atoms with E-state index in [1.807, 2.05) is 18.3 Å². The monoisotopic (exact) mass is 332 g/mol. The maximum absolute atomic E-state index is 5.51. The topological polar surface area (TPSA) is 25.4 Å². The second kappa shape index (κ2) is 7.24. The van der Waals surface area contributed by atoms with E-state index in [2.05, 4.69) is 47.4 Å². The molecule has 0 spiro atoms. The van der Waals surface area contributed by atoms with Gasteiger partial charge in [-0.25, -0.2) is 0 Å². The largest absolute Gasteiger partial charge is 0.496 e. The number of hydrogen-bond donors (Lipinski definition) is 0. The van der Waals surface area contributed by atoms with Crippen LogP contribution < -0.4 is 4.74 Å². The maximum atomic E-state index is 5.51. The van der Waals surface area contributed by atoms with Crippen LogP contribution in [0.3, 0.4) is 0 Å². The molecule has 0 unspecified atom stereocenters. The Hall–Kier alpha value is -2.39. The molecule has 2 heterocycles. The number of piperidine rings is 1. The van der Waals surface area contributed by atoms with Crippen molar-refractivity contribution < 1.29 is 4.74 Å². The summed E-state index contributed by atoms with van der Waals surface area (Å²) < 4.78 is 5.51. The zero-order chi connectivity index (χ0) is 17.1. The molecule has 3 aromatic rings. The molecule has 1 atom stereocenters. The Morgan fingerprint density at radius 2 is 1.88 bits per heavy atom. The summed E-state index contributed by atoms with van der Waals surface area (Å²) >= 11 is 0. The Morgan fingerprint density at radius 3 is 2.76 bits per heavy atom. The highest BCUT2D eigenvalue weighted by Crippen LogP contribution is 2.29. The third-order valence-corrected chi connectivity index (χ3v) is 5.16. The van der Waals surface area contributed by atoms with E-state index in [1.165, 1.54) is 34.9 Å². The summed E-state index contributed by atoms with van der Waals surface area (Å²) in [5, 5.41) is 2.50. The van der Waals surface area contributed by atoms with Crippen molar-refractivity contribution in [3.8, 4) is 5.75 Å². The summed E-state index contributed by atoms with van der Waals surface area (Å²) in [6.07, 6.45) is 4.45. The van der Waals surface area contributed by atoms with E-state index in [0.717, 1.165) is 25.4 Å². The number of benzene rings is 2. The van der Waals surface area contributed by atoms with Gasteiger partial charge in [0.2, 0.25) is 0 Å². The Labute approximate surface area is 149 Å². The molecule has 1 aliphatic rings. The van der Waals surface area contributed by atoms with E-state index < -0.39 is 0 Å². The predicted octanol–water partition coefficient (Wildman–Crippen LogP) is 4.62. The van der Waals surface area contributed by atoms with E-state index in [0.29, 0.717) is 5.92 Å². The van der Waals surface area contributed by atoms with Gasteiger partial charge < -0.3 is 4.74 Å². The fourth-order valence-corrected chi connectivity index (χ4v) is 3.84. The molecule has 0 aliphatic carbocycles. The summed E-state index contributed by atoms with van der Waals surface area (Å²) in [6, 6.07) is 19.1. The minimum atomic E-state index is 0.507. The molecule has 3 heteroatoms. The van der Waals surface area contributed by atoms with E-state index in [4.69, 9.17) is 9.72 Å². The van der Waals surface area contributed by atoms with Gasteiger partial charge in [0.15, 0.2) is 0 Å². The van der Waals surface area contributed by atoms with Crippen molar-refractivity contribution >= 4 is 10.8 Å². The first-order valence-corrected chi connectivity index (χ1v) is 9.02. The number of methoxy groups -OCH3 is 1. The van der Waals surface area contributed by atoms with Crippen molar-refractivity contribution in [1.82, 2.24) is 9.88 Å². The van der Waals surface area contributed by atoms with Gasteiger partial charge in [-0.2, -0.15) is 0 Å². The zero-order valence-corrected chi connectivity index (χ0v) is 14.7. The number of para-hydroxylation sites is 1. The lowest BCUT2D eigenvalue weighted by atomic mass is 9.93. The molecular formula is C22H24N2O. The number of rotatable bonds is 4. The molecule has 0 radical (unpaired) electrons. The van der Waals surface area contributed by atoms with Crippen molar-refractivity contribution in [2.45, 2.75) is 25.3 Å². The van der Waals surface area contributed by atoms with Gasteiger partial charge in [-0.05, 0) is 36.9 Å². The average Bonchev–Trinajstić information content (AvgIpc) is 2.68. The molecule has 1 fully saturated rings. The molecule has 0 N–H and O–H groups in total. The van der Waals surface area contributed by atoms with Crippen molar-refractivity contribution in [3.05, 3.63) is 72.1 Å². The Balaban J connectivity index is 1.52. The number of hydrogen-bond acceptors (Lipinski definition) is 3. The maximum Gasteiger partial charge on any atom is 0.123 e. The number of aromatic nitrogens is 1. The molecule has 0 saturated carbocycles. The summed E-state index contributed by atoms with van der Waals surface area (Å²) in [5.41, 5.74) is 2.49. The van der Waals surface area contributed by atoms with Gasteiger partial charge >= 0.3 is 0 Å². The van der Waals surface area contributed by atoms with Crippen LogP contribution in [0.15, 0.2) is 60.8 Å². The summed E-state index contributed by atoms with van der Waals surface area (Å²) in [4.78, 5) is 7.29. The number of fused-ring (bicyclic) bond motifs is 1. The molecule has 3 nitrogen and oxygen atoms in total. The SMILES string of the molecule is COc1ccccc1CN1CCC[C@H](c2cc3ccccc3cn2)C1. The van der Waals surface area contributed by atoms with Crippen LogP contribution in [0.4, 0.5) is 0 Å². The number of likely N-dealkylation sites (tertiary alicyclic amines) is 1. The molecule has 2 aromatic carbocycles. The van der Waals surface area contributed by atoms with Crippen molar-refractivity contribution in [2.24, 2.45) is 0 Å². The van der Waals surface area contributed by atoms with Gasteiger partial charge in [0.05, 0.1) is 7.11 Å². The second-order valence-corrected chi connectivity index (χ2v) is 6.84. The van der Waals surface area contributed by atoms with Crippen LogP contribution in [-0.2, 0) is 6.54 Å². The van der Waals surface area contributed by atoms with E-state index in [-0.39, 0.29) is 0 Å². The smallest absolute Gasteiger partial charge is 0.123 e. The quantitative estimate of drug-likeness (QED) is 0.697. The van der Waals surface area contributed by atoms with Gasteiger partial charge in [-0.3, -0.25) is 9.88 Å². The van der Waals surface area contributed by atoms with Crippen molar-refractivity contribution in [2.75, 3.05) is 20.2 Å². The molecule has 1 aromatic heterocycles. The molecule has 0 amide bonds. The normalized spacial score (nSPS) is 18.4. The van der Waals surface area contributed by atoms with Crippen LogP contribution in [-0.4, -0.2) is 30.1 Å². The molecule has 25 heavy (non-hydrogen) atoms. The second-order valence-electron chi connectivity index (χ2n) is 6.84. The third-order valence-electron chi connectivity index (χ3n) is 5.16. The van der Waals surface area contributed by atoms with Crippen molar-refractivity contribution in [3.63, 3.8) is 0 Å². The first-order valence-electron chi connectivity index (χ1n) is 9.02. The summed E-state index contributed by atoms with van der Waals surface area (Å²) in [5.74, 6) is 1.49. The summed E-state index contributed by atoms with van der Waals surface area (Å²) in [6.45, 7) is 3.14. The van der Waals surface area contributed by atoms with Gasteiger partial charge in [-0.15, -0.1) is 0 Å². The van der Waals surface area contributed by atoms with Crippen LogP contribution in [0.2, 0.25) is 0 Å². The average molecular weight is 332 g/mol. The third kappa shape index (κ3) is 3.52. The van der Waals surface area contributed by atoms with E-state index in [9.17, 15) is 0 Å². The van der Waals surface area contributed by atoms with Gasteiger partial charge in [0.25, 0.3) is 0 Å². The Kier molecular flexibility index (Phi) is 4.66. The van der Waals surface area contributed by atoms with Gasteiger partial charge in [-0.1, -0.05) is 42.5 Å².